The molecule has 2 heterocycles. The third kappa shape index (κ3) is 4.34. The van der Waals surface area contributed by atoms with Crippen LogP contribution >= 0.6 is 27.3 Å². The average Bonchev–Trinajstić information content (AvgIpc) is 3.23. The van der Waals surface area contributed by atoms with Crippen LogP contribution in [0.1, 0.15) is 11.3 Å². The lowest BCUT2D eigenvalue weighted by Gasteiger charge is -2.05. The van der Waals surface area contributed by atoms with Gasteiger partial charge in [-0.25, -0.2) is 13.1 Å². The summed E-state index contributed by atoms with van der Waals surface area (Å²) in [4.78, 5) is 0.320. The number of aromatic amines is 1. The van der Waals surface area contributed by atoms with Crippen LogP contribution < -0.4 is 4.72 Å². The van der Waals surface area contributed by atoms with Crippen molar-refractivity contribution < 1.29 is 21.6 Å². The van der Waals surface area contributed by atoms with Crippen LogP contribution in [0.3, 0.4) is 0 Å². The van der Waals surface area contributed by atoms with Gasteiger partial charge in [-0.05, 0) is 35.9 Å². The molecule has 11 heteroatoms. The molecule has 0 saturated carbocycles. The Bertz CT molecular complexity index is 1010. The molecule has 0 unspecified atom stereocenters. The minimum Gasteiger partial charge on any atom is -0.273 e. The fraction of sp³-hybridized carbons (Fsp3) is 0.133. The summed E-state index contributed by atoms with van der Waals surface area (Å²) in [6, 6.07) is 10.7. The van der Waals surface area contributed by atoms with Gasteiger partial charge in [0.1, 0.15) is 15.6 Å². The van der Waals surface area contributed by atoms with E-state index < -0.39 is 21.9 Å². The molecule has 0 bridgehead atoms. The standard InChI is InChI=1S/C15H11BrF3N3O2S2/c16-10-3-1-9(2-4-10)8-20-26(23,24)14-6-5-12(25-14)11-7-13(22-21-11)15(17,18)19/h1-7,20H,8H2,(H,21,22). The van der Waals surface area contributed by atoms with Crippen molar-refractivity contribution in [2.24, 2.45) is 0 Å². The predicted octanol–water partition coefficient (Wildman–Crippen LogP) is 4.40. The molecular weight excluding hydrogens is 455 g/mol. The summed E-state index contributed by atoms with van der Waals surface area (Å²) < 4.78 is 65.9. The van der Waals surface area contributed by atoms with Crippen molar-refractivity contribution in [3.05, 3.63) is 58.2 Å². The first-order valence-corrected chi connectivity index (χ1v) is 10.2. The molecule has 0 aliphatic heterocycles. The second-order valence-electron chi connectivity index (χ2n) is 5.23. The van der Waals surface area contributed by atoms with E-state index in [4.69, 9.17) is 0 Å². The minimum atomic E-state index is -4.54. The Morgan fingerprint density at radius 1 is 1.15 bits per heavy atom. The van der Waals surface area contributed by atoms with Crippen molar-refractivity contribution in [3.8, 4) is 10.6 Å². The molecule has 138 valence electrons. The molecule has 1 aromatic carbocycles. The molecule has 2 N–H and O–H groups in total. The summed E-state index contributed by atoms with van der Waals surface area (Å²) in [5.41, 5.74) is -0.175. The zero-order chi connectivity index (χ0) is 18.9. The average molecular weight is 466 g/mol. The van der Waals surface area contributed by atoms with Gasteiger partial charge in [-0.3, -0.25) is 5.10 Å². The fourth-order valence-corrected chi connectivity index (χ4v) is 4.64. The van der Waals surface area contributed by atoms with Crippen LogP contribution in [0.15, 0.2) is 51.1 Å². The van der Waals surface area contributed by atoms with Gasteiger partial charge in [0, 0.05) is 11.0 Å². The molecule has 0 fully saturated rings. The van der Waals surface area contributed by atoms with E-state index in [2.05, 4.69) is 25.8 Å². The normalized spacial score (nSPS) is 12.5. The van der Waals surface area contributed by atoms with Gasteiger partial charge in [-0.15, -0.1) is 11.3 Å². The molecule has 0 amide bonds. The maximum atomic E-state index is 12.6. The molecule has 3 aromatic rings. The zero-order valence-electron chi connectivity index (χ0n) is 12.8. The molecule has 0 aliphatic rings. The number of nitrogens with zero attached hydrogens (tertiary/aromatic N) is 1. The topological polar surface area (TPSA) is 74.8 Å². The SMILES string of the molecule is O=S(=O)(NCc1ccc(Br)cc1)c1ccc(-c2cc(C(F)(F)F)[nH]n2)s1. The number of hydrogen-bond donors (Lipinski definition) is 2. The van der Waals surface area contributed by atoms with Gasteiger partial charge >= 0.3 is 6.18 Å². The van der Waals surface area contributed by atoms with Gasteiger partial charge in [0.2, 0.25) is 10.0 Å². The largest absolute Gasteiger partial charge is 0.432 e. The zero-order valence-corrected chi connectivity index (χ0v) is 16.1. The molecule has 0 spiro atoms. The number of thiophene rings is 1. The van der Waals surface area contributed by atoms with Crippen LogP contribution in [-0.2, 0) is 22.7 Å². The number of aromatic nitrogens is 2. The molecular formula is C15H11BrF3N3O2S2. The number of nitrogens with one attached hydrogen (secondary N) is 2. The molecule has 0 aliphatic carbocycles. The number of benzene rings is 1. The molecule has 3 rings (SSSR count). The Balaban J connectivity index is 1.75. The first-order chi connectivity index (χ1) is 12.1. The lowest BCUT2D eigenvalue weighted by Crippen LogP contribution is -2.22. The predicted molar refractivity (Wildman–Crippen MR) is 95.1 cm³/mol. The van der Waals surface area contributed by atoms with Crippen LogP contribution in [0.4, 0.5) is 13.2 Å². The number of hydrogen-bond acceptors (Lipinski definition) is 4. The van der Waals surface area contributed by atoms with E-state index in [-0.39, 0.29) is 16.4 Å². The summed E-state index contributed by atoms with van der Waals surface area (Å²) in [6.07, 6.45) is -4.54. The van der Waals surface area contributed by atoms with Gasteiger partial charge in [-0.1, -0.05) is 28.1 Å². The van der Waals surface area contributed by atoms with Gasteiger partial charge in [0.15, 0.2) is 0 Å². The number of halogens is 4. The Morgan fingerprint density at radius 3 is 2.46 bits per heavy atom. The fourth-order valence-electron chi connectivity index (χ4n) is 2.05. The highest BCUT2D eigenvalue weighted by Gasteiger charge is 2.33. The monoisotopic (exact) mass is 465 g/mol. The Hall–Kier alpha value is -1.69. The quantitative estimate of drug-likeness (QED) is 0.586. The highest BCUT2D eigenvalue weighted by molar-refractivity contribution is 9.10. The Labute approximate surface area is 159 Å². The van der Waals surface area contributed by atoms with Crippen molar-refractivity contribution in [2.75, 3.05) is 0 Å². The summed E-state index contributed by atoms with van der Waals surface area (Å²) in [6.45, 7) is 0.101. The smallest absolute Gasteiger partial charge is 0.273 e. The number of rotatable bonds is 5. The minimum absolute atomic E-state index is 0.00108. The Kier molecular flexibility index (Phi) is 5.24. The second kappa shape index (κ2) is 7.14. The van der Waals surface area contributed by atoms with Crippen LogP contribution in [0.25, 0.3) is 10.6 Å². The summed E-state index contributed by atoms with van der Waals surface area (Å²) in [7, 11) is -3.78. The van der Waals surface area contributed by atoms with Crippen molar-refractivity contribution in [1.82, 2.24) is 14.9 Å². The van der Waals surface area contributed by atoms with E-state index in [0.29, 0.717) is 4.88 Å². The van der Waals surface area contributed by atoms with Crippen molar-refractivity contribution in [3.63, 3.8) is 0 Å². The van der Waals surface area contributed by atoms with E-state index >= 15 is 0 Å². The lowest BCUT2D eigenvalue weighted by molar-refractivity contribution is -0.141. The van der Waals surface area contributed by atoms with Crippen LogP contribution in [-0.4, -0.2) is 18.6 Å². The molecule has 0 saturated heterocycles. The molecule has 26 heavy (non-hydrogen) atoms. The highest BCUT2D eigenvalue weighted by atomic mass is 79.9. The van der Waals surface area contributed by atoms with Gasteiger partial charge in [0.25, 0.3) is 0 Å². The summed E-state index contributed by atoms with van der Waals surface area (Å²) in [5, 5.41) is 5.50. The second-order valence-corrected chi connectivity index (χ2v) is 9.23. The van der Waals surface area contributed by atoms with Crippen molar-refractivity contribution >= 4 is 37.3 Å². The number of alkyl halides is 3. The van der Waals surface area contributed by atoms with E-state index in [0.717, 1.165) is 27.4 Å². The summed E-state index contributed by atoms with van der Waals surface area (Å²) in [5.74, 6) is 0. The third-order valence-corrected chi connectivity index (χ3v) is 6.89. The molecule has 0 atom stereocenters. The van der Waals surface area contributed by atoms with Crippen molar-refractivity contribution in [1.29, 1.82) is 0 Å². The highest BCUT2D eigenvalue weighted by Crippen LogP contribution is 2.34. The Morgan fingerprint density at radius 2 is 1.85 bits per heavy atom. The third-order valence-electron chi connectivity index (χ3n) is 3.36. The summed E-state index contributed by atoms with van der Waals surface area (Å²) >= 11 is 4.14. The van der Waals surface area contributed by atoms with Gasteiger partial charge < -0.3 is 0 Å². The van der Waals surface area contributed by atoms with Crippen LogP contribution in [0, 0.1) is 0 Å². The van der Waals surface area contributed by atoms with E-state index in [1.165, 1.54) is 12.1 Å². The lowest BCUT2D eigenvalue weighted by atomic mass is 10.2. The van der Waals surface area contributed by atoms with Crippen molar-refractivity contribution in [2.45, 2.75) is 16.9 Å². The first-order valence-electron chi connectivity index (χ1n) is 7.12. The van der Waals surface area contributed by atoms with Crippen LogP contribution in [0.5, 0.6) is 0 Å². The van der Waals surface area contributed by atoms with E-state index in [1.54, 1.807) is 24.3 Å². The van der Waals surface area contributed by atoms with E-state index in [9.17, 15) is 21.6 Å². The first kappa shape index (κ1) is 19.1. The molecule has 2 aromatic heterocycles. The van der Waals surface area contributed by atoms with Crippen LogP contribution in [0.2, 0.25) is 0 Å². The number of H-pyrrole nitrogens is 1. The maximum absolute atomic E-state index is 12.6. The maximum Gasteiger partial charge on any atom is 0.432 e. The van der Waals surface area contributed by atoms with Gasteiger partial charge in [0.05, 0.1) is 4.88 Å². The number of sulfonamides is 1. The van der Waals surface area contributed by atoms with E-state index in [1.807, 2.05) is 5.10 Å². The molecule has 5 nitrogen and oxygen atoms in total. The van der Waals surface area contributed by atoms with Gasteiger partial charge in [-0.2, -0.15) is 18.3 Å². The molecule has 0 radical (unpaired) electrons.